The van der Waals surface area contributed by atoms with Crippen LogP contribution in [0.3, 0.4) is 0 Å². The zero-order chi connectivity index (χ0) is 15.8. The molecule has 0 aliphatic carbocycles. The van der Waals surface area contributed by atoms with Gasteiger partial charge in [0.05, 0.1) is 23.8 Å². The lowest BCUT2D eigenvalue weighted by atomic mass is 10.3. The first-order valence-electron chi connectivity index (χ1n) is 7.46. The number of fused-ring (bicyclic) bond motifs is 1. The number of pyridine rings is 1. The maximum atomic E-state index is 4.79. The minimum atomic E-state index is 0.311. The first-order chi connectivity index (χ1) is 11.2. The molecule has 0 bridgehead atoms. The highest BCUT2D eigenvalue weighted by molar-refractivity contribution is 7.13. The molecule has 6 nitrogen and oxygen atoms in total. The van der Waals surface area contributed by atoms with Gasteiger partial charge in [0.25, 0.3) is 0 Å². The summed E-state index contributed by atoms with van der Waals surface area (Å²) >= 11 is 1.59. The van der Waals surface area contributed by atoms with Crippen LogP contribution in [-0.2, 0) is 6.54 Å². The normalized spacial score (nSPS) is 11.6. The Morgan fingerprint density at radius 3 is 2.87 bits per heavy atom. The molecule has 0 saturated heterocycles. The number of imidazole rings is 2. The molecule has 0 radical (unpaired) electrons. The third kappa shape index (κ3) is 2.43. The number of rotatable bonds is 4. The standard InChI is InChI=1S/C16H16N6S/c1-11(2)22-13-9-17-4-3-12(13)20-14(22)10-21-7-5-18-15(21)16-19-6-8-23-16/h3-9,11H,10H2,1-2H3. The summed E-state index contributed by atoms with van der Waals surface area (Å²) in [7, 11) is 0. The monoisotopic (exact) mass is 324 g/mol. The third-order valence-electron chi connectivity index (χ3n) is 3.73. The topological polar surface area (TPSA) is 61.4 Å². The summed E-state index contributed by atoms with van der Waals surface area (Å²) in [6.07, 6.45) is 9.23. The molecule has 0 fully saturated rings. The molecule has 0 aliphatic heterocycles. The smallest absolute Gasteiger partial charge is 0.169 e. The van der Waals surface area contributed by atoms with E-state index in [4.69, 9.17) is 4.98 Å². The lowest BCUT2D eigenvalue weighted by Crippen LogP contribution is -2.11. The molecule has 0 amide bonds. The van der Waals surface area contributed by atoms with Crippen LogP contribution >= 0.6 is 11.3 Å². The zero-order valence-corrected chi connectivity index (χ0v) is 13.7. The maximum Gasteiger partial charge on any atom is 0.169 e. The van der Waals surface area contributed by atoms with E-state index in [9.17, 15) is 0 Å². The van der Waals surface area contributed by atoms with Crippen LogP contribution in [0.15, 0.2) is 42.4 Å². The summed E-state index contributed by atoms with van der Waals surface area (Å²) in [5.74, 6) is 1.87. The predicted molar refractivity (Wildman–Crippen MR) is 90.4 cm³/mol. The van der Waals surface area contributed by atoms with Gasteiger partial charge in [-0.25, -0.2) is 15.0 Å². The van der Waals surface area contributed by atoms with Crippen molar-refractivity contribution >= 4 is 22.4 Å². The fourth-order valence-corrected chi connectivity index (χ4v) is 3.45. The highest BCUT2D eigenvalue weighted by Crippen LogP contribution is 2.24. The Kier molecular flexibility index (Phi) is 3.42. The Hall–Kier alpha value is -2.54. The van der Waals surface area contributed by atoms with Gasteiger partial charge in [-0.15, -0.1) is 11.3 Å². The summed E-state index contributed by atoms with van der Waals surface area (Å²) in [5, 5.41) is 2.88. The van der Waals surface area contributed by atoms with Gasteiger partial charge < -0.3 is 9.13 Å². The molecule has 23 heavy (non-hydrogen) atoms. The van der Waals surface area contributed by atoms with Gasteiger partial charge in [-0.2, -0.15) is 0 Å². The Labute approximate surface area is 137 Å². The van der Waals surface area contributed by atoms with Crippen molar-refractivity contribution in [2.45, 2.75) is 26.4 Å². The average Bonchev–Trinajstić information content (AvgIpc) is 3.25. The molecule has 0 saturated carbocycles. The third-order valence-corrected chi connectivity index (χ3v) is 4.50. The predicted octanol–water partition coefficient (Wildman–Crippen LogP) is 3.38. The zero-order valence-electron chi connectivity index (χ0n) is 12.9. The van der Waals surface area contributed by atoms with E-state index in [1.165, 1.54) is 0 Å². The Bertz CT molecular complexity index is 935. The molecule has 4 aromatic heterocycles. The van der Waals surface area contributed by atoms with E-state index in [0.29, 0.717) is 12.6 Å². The van der Waals surface area contributed by atoms with Crippen LogP contribution in [0.1, 0.15) is 25.7 Å². The lowest BCUT2D eigenvalue weighted by Gasteiger charge is -2.14. The van der Waals surface area contributed by atoms with E-state index in [2.05, 4.69) is 37.9 Å². The number of thiazole rings is 1. The van der Waals surface area contributed by atoms with E-state index in [-0.39, 0.29) is 0 Å². The minimum absolute atomic E-state index is 0.311. The molecule has 0 spiro atoms. The summed E-state index contributed by atoms with van der Waals surface area (Å²) in [5.41, 5.74) is 2.04. The van der Waals surface area contributed by atoms with Crippen LogP contribution in [0, 0.1) is 0 Å². The summed E-state index contributed by atoms with van der Waals surface area (Å²) in [6, 6.07) is 2.26. The van der Waals surface area contributed by atoms with E-state index in [0.717, 1.165) is 27.7 Å². The average molecular weight is 324 g/mol. The molecule has 4 aromatic rings. The van der Waals surface area contributed by atoms with Crippen LogP contribution < -0.4 is 0 Å². The van der Waals surface area contributed by atoms with Gasteiger partial charge in [0.15, 0.2) is 10.8 Å². The van der Waals surface area contributed by atoms with Crippen molar-refractivity contribution in [1.82, 2.24) is 29.1 Å². The SMILES string of the molecule is CC(C)n1c(Cn2ccnc2-c2nccs2)nc2ccncc21. The molecular formula is C16H16N6S. The fraction of sp³-hybridized carbons (Fsp3) is 0.250. The van der Waals surface area contributed by atoms with E-state index in [1.54, 1.807) is 29.9 Å². The van der Waals surface area contributed by atoms with Crippen molar-refractivity contribution in [3.05, 3.63) is 48.3 Å². The first kappa shape index (κ1) is 14.1. The molecular weight excluding hydrogens is 308 g/mol. The minimum Gasteiger partial charge on any atom is -0.323 e. The molecule has 7 heteroatoms. The van der Waals surface area contributed by atoms with Gasteiger partial charge >= 0.3 is 0 Å². The quantitative estimate of drug-likeness (QED) is 0.577. The molecule has 4 heterocycles. The summed E-state index contributed by atoms with van der Waals surface area (Å²) in [6.45, 7) is 4.97. The van der Waals surface area contributed by atoms with Crippen LogP contribution in [-0.4, -0.2) is 29.1 Å². The Balaban J connectivity index is 1.80. The maximum absolute atomic E-state index is 4.79. The molecule has 0 aromatic carbocycles. The molecule has 0 N–H and O–H groups in total. The van der Waals surface area contributed by atoms with Crippen LogP contribution in [0.2, 0.25) is 0 Å². The number of aromatic nitrogens is 6. The van der Waals surface area contributed by atoms with Crippen molar-refractivity contribution < 1.29 is 0 Å². The van der Waals surface area contributed by atoms with Crippen molar-refractivity contribution in [3.8, 4) is 10.8 Å². The van der Waals surface area contributed by atoms with Crippen LogP contribution in [0.4, 0.5) is 0 Å². The highest BCUT2D eigenvalue weighted by Gasteiger charge is 2.16. The number of nitrogens with zero attached hydrogens (tertiary/aromatic N) is 6. The number of hydrogen-bond donors (Lipinski definition) is 0. The van der Waals surface area contributed by atoms with Gasteiger partial charge in [-0.05, 0) is 19.9 Å². The molecule has 4 rings (SSSR count). The van der Waals surface area contributed by atoms with Crippen LogP contribution in [0.5, 0.6) is 0 Å². The van der Waals surface area contributed by atoms with E-state index < -0.39 is 0 Å². The van der Waals surface area contributed by atoms with Crippen molar-refractivity contribution in [2.75, 3.05) is 0 Å². The molecule has 0 unspecified atom stereocenters. The fourth-order valence-electron chi connectivity index (χ4n) is 2.80. The Morgan fingerprint density at radius 1 is 1.17 bits per heavy atom. The summed E-state index contributed by atoms with van der Waals surface area (Å²) in [4.78, 5) is 17.8. The second-order valence-corrected chi connectivity index (χ2v) is 6.47. The van der Waals surface area contributed by atoms with Gasteiger partial charge in [-0.3, -0.25) is 4.98 Å². The van der Waals surface area contributed by atoms with Crippen LogP contribution in [0.25, 0.3) is 21.9 Å². The van der Waals surface area contributed by atoms with Crippen molar-refractivity contribution in [3.63, 3.8) is 0 Å². The Morgan fingerprint density at radius 2 is 2.09 bits per heavy atom. The lowest BCUT2D eigenvalue weighted by molar-refractivity contribution is 0.568. The highest BCUT2D eigenvalue weighted by atomic mass is 32.1. The van der Waals surface area contributed by atoms with Crippen molar-refractivity contribution in [2.24, 2.45) is 0 Å². The van der Waals surface area contributed by atoms with E-state index >= 15 is 0 Å². The summed E-state index contributed by atoms with van der Waals surface area (Å²) < 4.78 is 4.32. The van der Waals surface area contributed by atoms with Gasteiger partial charge in [-0.1, -0.05) is 0 Å². The molecule has 0 atom stereocenters. The second-order valence-electron chi connectivity index (χ2n) is 5.57. The first-order valence-corrected chi connectivity index (χ1v) is 8.34. The number of hydrogen-bond acceptors (Lipinski definition) is 5. The second kappa shape index (κ2) is 5.58. The van der Waals surface area contributed by atoms with E-state index in [1.807, 2.05) is 23.8 Å². The van der Waals surface area contributed by atoms with Crippen molar-refractivity contribution in [1.29, 1.82) is 0 Å². The van der Waals surface area contributed by atoms with Gasteiger partial charge in [0, 0.05) is 36.2 Å². The molecule has 116 valence electrons. The van der Waals surface area contributed by atoms with Gasteiger partial charge in [0.2, 0.25) is 0 Å². The molecule has 0 aliphatic rings. The largest absolute Gasteiger partial charge is 0.323 e. The van der Waals surface area contributed by atoms with Gasteiger partial charge in [0.1, 0.15) is 5.82 Å².